The Morgan fingerprint density at radius 3 is 1.57 bits per heavy atom. The van der Waals surface area contributed by atoms with Crippen LogP contribution in [0, 0.1) is 23.7 Å². The lowest BCUT2D eigenvalue weighted by molar-refractivity contribution is -0.214. The monoisotopic (exact) mass is 707 g/mol. The van der Waals surface area contributed by atoms with Gasteiger partial charge in [-0.25, -0.2) is 4.79 Å². The van der Waals surface area contributed by atoms with Gasteiger partial charge < -0.3 is 60.0 Å². The van der Waals surface area contributed by atoms with Crippen molar-refractivity contribution in [3.05, 3.63) is 58.7 Å². The molecule has 0 saturated carbocycles. The van der Waals surface area contributed by atoms with Crippen molar-refractivity contribution in [1.82, 2.24) is 4.90 Å². The number of carbonyl (C=O) groups excluding carboxylic acids is 1. The van der Waals surface area contributed by atoms with Crippen molar-refractivity contribution in [3.63, 3.8) is 0 Å². The summed E-state index contributed by atoms with van der Waals surface area (Å²) in [6.07, 6.45) is -12.8. The van der Waals surface area contributed by atoms with Crippen LogP contribution in [0.2, 0.25) is 0 Å². The van der Waals surface area contributed by atoms with Gasteiger partial charge in [0.2, 0.25) is 0 Å². The molecular formula is C38H45NO12. The third-order valence-corrected chi connectivity index (χ3v) is 10.1. The van der Waals surface area contributed by atoms with Crippen LogP contribution in [0.15, 0.2) is 36.4 Å². The van der Waals surface area contributed by atoms with E-state index in [9.17, 15) is 45.6 Å². The number of rotatable bonds is 2. The molecule has 13 heteroatoms. The highest BCUT2D eigenvalue weighted by atomic mass is 16.6. The van der Waals surface area contributed by atoms with Gasteiger partial charge in [0.05, 0.1) is 13.2 Å². The topological polar surface area (TPSA) is 210 Å². The number of hydrogen-bond donors (Lipinski definition) is 8. The zero-order valence-electron chi connectivity index (χ0n) is 28.6. The van der Waals surface area contributed by atoms with Gasteiger partial charge in [-0.1, -0.05) is 35.8 Å². The van der Waals surface area contributed by atoms with Gasteiger partial charge in [-0.2, -0.15) is 0 Å². The zero-order valence-corrected chi connectivity index (χ0v) is 28.6. The van der Waals surface area contributed by atoms with Crippen molar-refractivity contribution >= 4 is 6.09 Å². The van der Waals surface area contributed by atoms with Crippen molar-refractivity contribution in [2.75, 3.05) is 26.3 Å². The first-order valence-electron chi connectivity index (χ1n) is 17.1. The molecule has 4 aliphatic rings. The molecule has 274 valence electrons. The first-order chi connectivity index (χ1) is 24.2. The minimum Gasteiger partial charge on any atom is -0.444 e. The molecule has 10 atom stereocenters. The largest absolute Gasteiger partial charge is 0.444 e. The van der Waals surface area contributed by atoms with Gasteiger partial charge in [-0.3, -0.25) is 0 Å². The number of piperidine rings is 1. The van der Waals surface area contributed by atoms with Gasteiger partial charge in [0.15, 0.2) is 0 Å². The minimum absolute atomic E-state index is 0.394. The van der Waals surface area contributed by atoms with Gasteiger partial charge in [-0.15, -0.1) is 0 Å². The number of aliphatic hydroxyl groups excluding tert-OH is 8. The minimum atomic E-state index is -1.54. The Morgan fingerprint density at radius 1 is 0.745 bits per heavy atom. The lowest BCUT2D eigenvalue weighted by atomic mass is 9.70. The Bertz CT molecular complexity index is 1630. The lowest BCUT2D eigenvalue weighted by Gasteiger charge is -2.41. The van der Waals surface area contributed by atoms with Crippen LogP contribution < -0.4 is 0 Å². The maximum Gasteiger partial charge on any atom is 0.410 e. The van der Waals surface area contributed by atoms with Crippen LogP contribution in [0.25, 0.3) is 11.1 Å². The maximum atomic E-state index is 13.0. The summed E-state index contributed by atoms with van der Waals surface area (Å²) in [6.45, 7) is 5.16. The molecule has 3 heterocycles. The van der Waals surface area contributed by atoms with Crippen LogP contribution in [-0.2, 0) is 19.6 Å². The normalized spacial score (nSPS) is 32.6. The highest BCUT2D eigenvalue weighted by molar-refractivity contribution is 5.83. The van der Waals surface area contributed by atoms with Crippen LogP contribution >= 0.6 is 0 Å². The van der Waals surface area contributed by atoms with E-state index >= 15 is 0 Å². The molecule has 51 heavy (non-hydrogen) atoms. The van der Waals surface area contributed by atoms with Crippen molar-refractivity contribution in [1.29, 1.82) is 0 Å². The third-order valence-electron chi connectivity index (χ3n) is 10.1. The third kappa shape index (κ3) is 7.12. The number of aliphatic hydroxyl groups is 8. The predicted molar refractivity (Wildman–Crippen MR) is 181 cm³/mol. The van der Waals surface area contributed by atoms with Gasteiger partial charge >= 0.3 is 6.09 Å². The fourth-order valence-electron chi connectivity index (χ4n) is 7.34. The number of likely N-dealkylation sites (tertiary alicyclic amines) is 1. The molecule has 3 aliphatic heterocycles. The van der Waals surface area contributed by atoms with Gasteiger partial charge in [0, 0.05) is 29.6 Å². The van der Waals surface area contributed by atoms with Gasteiger partial charge in [-0.05, 0) is 80.1 Å². The van der Waals surface area contributed by atoms with Gasteiger partial charge in [0.25, 0.3) is 0 Å². The molecule has 1 spiro atoms. The van der Waals surface area contributed by atoms with E-state index in [0.29, 0.717) is 37.1 Å². The molecular weight excluding hydrogens is 662 g/mol. The molecule has 2 aromatic rings. The average Bonchev–Trinajstić information content (AvgIpc) is 3.36. The van der Waals surface area contributed by atoms with E-state index in [1.165, 1.54) is 0 Å². The molecule has 3 fully saturated rings. The van der Waals surface area contributed by atoms with Crippen LogP contribution in [0.4, 0.5) is 4.79 Å². The Kier molecular flexibility index (Phi) is 10.5. The number of benzene rings is 2. The Morgan fingerprint density at radius 2 is 1.18 bits per heavy atom. The first-order valence-corrected chi connectivity index (χ1v) is 17.1. The number of nitrogens with zero attached hydrogens (tertiary/aromatic N) is 1. The molecule has 0 radical (unpaired) electrons. The molecule has 13 nitrogen and oxygen atoms in total. The maximum absolute atomic E-state index is 13.0. The summed E-state index contributed by atoms with van der Waals surface area (Å²) in [5.74, 6) is 11.8. The predicted octanol–water partition coefficient (Wildman–Crippen LogP) is -0.628. The highest BCUT2D eigenvalue weighted by Gasteiger charge is 2.47. The number of amides is 1. The number of fused-ring (bicyclic) bond motifs is 5. The van der Waals surface area contributed by atoms with E-state index in [1.807, 2.05) is 57.2 Å². The Hall–Kier alpha value is -3.57. The molecule has 0 bridgehead atoms. The fraction of sp³-hybridized carbons (Fsp3) is 0.553. The van der Waals surface area contributed by atoms with Crippen molar-refractivity contribution in [3.8, 4) is 34.8 Å². The highest BCUT2D eigenvalue weighted by Crippen LogP contribution is 2.54. The SMILES string of the molecule is CC(C)(C)OC(=O)N1CCC2(CC1)c1cc(C#CC3OC(CO)C(O)C(O)C3O)ccc1-c1ccc(C#CC3OC(CO)C(O)C(O)C3O)cc12. The van der Waals surface area contributed by atoms with E-state index in [1.54, 1.807) is 4.90 Å². The van der Waals surface area contributed by atoms with Crippen LogP contribution in [0.3, 0.4) is 0 Å². The summed E-state index contributed by atoms with van der Waals surface area (Å²) in [6, 6.07) is 11.5. The molecule has 3 saturated heterocycles. The summed E-state index contributed by atoms with van der Waals surface area (Å²) < 4.78 is 16.8. The number of hydrogen-bond acceptors (Lipinski definition) is 12. The van der Waals surface area contributed by atoms with E-state index in [-0.39, 0.29) is 0 Å². The molecule has 8 N–H and O–H groups in total. The second-order valence-electron chi connectivity index (χ2n) is 14.6. The van der Waals surface area contributed by atoms with E-state index in [4.69, 9.17) is 14.2 Å². The Balaban J connectivity index is 1.34. The van der Waals surface area contributed by atoms with E-state index < -0.39 is 91.4 Å². The van der Waals surface area contributed by atoms with Crippen LogP contribution in [0.5, 0.6) is 0 Å². The summed E-state index contributed by atoms with van der Waals surface area (Å²) >= 11 is 0. The fourth-order valence-corrected chi connectivity index (χ4v) is 7.34. The first kappa shape index (κ1) is 37.2. The summed E-state index contributed by atoms with van der Waals surface area (Å²) in [4.78, 5) is 14.7. The zero-order chi connectivity index (χ0) is 36.8. The lowest BCUT2D eigenvalue weighted by Crippen LogP contribution is -2.58. The summed E-state index contributed by atoms with van der Waals surface area (Å²) in [7, 11) is 0. The quantitative estimate of drug-likeness (QED) is 0.184. The van der Waals surface area contributed by atoms with Crippen LogP contribution in [-0.4, -0.2) is 145 Å². The van der Waals surface area contributed by atoms with Crippen LogP contribution in [0.1, 0.15) is 55.9 Å². The van der Waals surface area contributed by atoms with E-state index in [0.717, 1.165) is 22.3 Å². The second kappa shape index (κ2) is 14.5. The smallest absolute Gasteiger partial charge is 0.410 e. The van der Waals surface area contributed by atoms with Crippen molar-refractivity contribution < 1.29 is 59.9 Å². The number of carbonyl (C=O) groups is 1. The standard InChI is InChI=1S/C38H45NO12/c1-37(2,3)51-36(48)39-14-12-38(13-15-39)24-16-20(6-10-26-30(42)34(46)32(44)28(18-40)49-26)4-8-22(24)23-9-5-21(17-25(23)38)7-11-27-31(43)35(47)33(45)29(19-41)50-27/h4-5,8-9,16-17,26-35,40-47H,12-15,18-19H2,1-3H3. The molecule has 1 amide bonds. The molecule has 2 aromatic carbocycles. The number of ether oxygens (including phenoxy) is 3. The molecule has 6 rings (SSSR count). The molecule has 1 aliphatic carbocycles. The van der Waals surface area contributed by atoms with Crippen molar-refractivity contribution in [2.45, 2.75) is 106 Å². The Labute approximate surface area is 296 Å². The molecule has 10 unspecified atom stereocenters. The van der Waals surface area contributed by atoms with Gasteiger partial charge in [0.1, 0.15) is 66.6 Å². The summed E-state index contributed by atoms with van der Waals surface area (Å²) in [5, 5.41) is 80.9. The summed E-state index contributed by atoms with van der Waals surface area (Å²) in [5.41, 5.74) is 3.93. The van der Waals surface area contributed by atoms with E-state index in [2.05, 4.69) is 23.7 Å². The second-order valence-corrected chi connectivity index (χ2v) is 14.6. The average molecular weight is 708 g/mol. The van der Waals surface area contributed by atoms with Crippen molar-refractivity contribution in [2.24, 2.45) is 0 Å². The molecule has 0 aromatic heterocycles.